The van der Waals surface area contributed by atoms with Crippen LogP contribution in [0.5, 0.6) is 0 Å². The van der Waals surface area contributed by atoms with Gasteiger partial charge in [0, 0.05) is 16.0 Å². The Morgan fingerprint density at radius 2 is 1.81 bits per heavy atom. The van der Waals surface area contributed by atoms with Crippen LogP contribution in [0, 0.1) is 6.92 Å². The lowest BCUT2D eigenvalue weighted by atomic mass is 10.1. The number of para-hydroxylation sites is 1. The molecule has 0 aliphatic heterocycles. The van der Waals surface area contributed by atoms with E-state index in [0.717, 1.165) is 10.9 Å². The molecule has 6 heteroatoms. The summed E-state index contributed by atoms with van der Waals surface area (Å²) in [6.45, 7) is 1.90. The summed E-state index contributed by atoms with van der Waals surface area (Å²) in [5, 5.41) is 0.997. The van der Waals surface area contributed by atoms with Crippen molar-refractivity contribution in [2.75, 3.05) is 0 Å². The van der Waals surface area contributed by atoms with Gasteiger partial charge in [-0.2, -0.15) is 0 Å². The number of rotatable bonds is 0. The molecule has 0 spiro atoms. The molecule has 0 unspecified atom stereocenters. The first kappa shape index (κ1) is 12.5. The maximum Gasteiger partial charge on any atom is 0.692 e. The average molecular weight is 241 g/mol. The van der Waals surface area contributed by atoms with Crippen molar-refractivity contribution in [1.82, 2.24) is 0 Å². The molecule has 5 nitrogen and oxygen atoms in total. The van der Waals surface area contributed by atoms with Crippen molar-refractivity contribution in [1.29, 1.82) is 0 Å². The molecule has 0 saturated carbocycles. The first-order valence-corrected chi connectivity index (χ1v) is 5.51. The molecule has 1 aromatic heterocycles. The second-order valence-electron chi connectivity index (χ2n) is 3.00. The number of hydrogen-bond donors (Lipinski definition) is 2. The van der Waals surface area contributed by atoms with E-state index in [4.69, 9.17) is 18.8 Å². The lowest BCUT2D eigenvalue weighted by Gasteiger charge is -1.97. The van der Waals surface area contributed by atoms with Crippen LogP contribution in [0.2, 0.25) is 0 Å². The summed E-state index contributed by atoms with van der Waals surface area (Å²) in [5.41, 5.74) is 1.33. The average Bonchev–Trinajstić information content (AvgIpc) is 2.16. The van der Waals surface area contributed by atoms with E-state index >= 15 is 0 Å². The molecule has 0 amide bonds. The highest BCUT2D eigenvalue weighted by Crippen LogP contribution is 2.14. The van der Waals surface area contributed by atoms with Gasteiger partial charge < -0.3 is 4.42 Å². The highest BCUT2D eigenvalue weighted by atomic mass is 31.1. The summed E-state index contributed by atoms with van der Waals surface area (Å²) in [5.74, 6) is 0. The molecule has 1 heterocycles. The minimum atomic E-state index is -2.87. The molecule has 0 bridgehead atoms. The van der Waals surface area contributed by atoms with Gasteiger partial charge in [0.1, 0.15) is 5.58 Å². The monoisotopic (exact) mass is 241 g/mol. The largest absolute Gasteiger partial charge is 0.692 e. The molecule has 0 aliphatic carbocycles. The van der Waals surface area contributed by atoms with Crippen LogP contribution in [0.15, 0.2) is 39.5 Å². The second-order valence-corrected chi connectivity index (χ2v) is 3.50. The molecule has 0 saturated heterocycles. The lowest BCUT2D eigenvalue weighted by molar-refractivity contribution is 0.405. The van der Waals surface area contributed by atoms with Crippen molar-refractivity contribution in [2.24, 2.45) is 0 Å². The van der Waals surface area contributed by atoms with E-state index in [2.05, 4.69) is 0 Å². The second kappa shape index (κ2) is 5.51. The van der Waals surface area contributed by atoms with Gasteiger partial charge in [-0.1, -0.05) is 18.2 Å². The molecule has 2 aromatic rings. The first-order chi connectivity index (χ1) is 7.50. The van der Waals surface area contributed by atoms with Crippen LogP contribution in [0.4, 0.5) is 0 Å². The zero-order valence-corrected chi connectivity index (χ0v) is 9.35. The van der Waals surface area contributed by atoms with Gasteiger partial charge in [0.25, 0.3) is 0 Å². The Bertz CT molecular complexity index is 556. The fraction of sp³-hybridized carbons (Fsp3) is 0.100. The Morgan fingerprint density at radius 3 is 2.44 bits per heavy atom. The van der Waals surface area contributed by atoms with Crippen LogP contribution in [0.25, 0.3) is 11.0 Å². The van der Waals surface area contributed by atoms with E-state index in [1.54, 1.807) is 6.07 Å². The minimum absolute atomic E-state index is 0.286. The first-order valence-electron chi connectivity index (χ1n) is 4.35. The van der Waals surface area contributed by atoms with Gasteiger partial charge in [0.05, 0.1) is 0 Å². The summed E-state index contributed by atoms with van der Waals surface area (Å²) >= 11 is 0. The molecule has 84 valence electrons. The third-order valence-electron chi connectivity index (χ3n) is 1.86. The Labute approximate surface area is 91.9 Å². The molecule has 2 N–H and O–H groups in total. The van der Waals surface area contributed by atoms with Crippen molar-refractivity contribution >= 4 is 19.2 Å². The number of aryl methyl sites for hydroxylation is 1. The van der Waals surface area contributed by atoms with E-state index in [1.807, 2.05) is 25.1 Å². The fourth-order valence-electron chi connectivity index (χ4n) is 1.27. The van der Waals surface area contributed by atoms with Crippen molar-refractivity contribution in [3.8, 4) is 0 Å². The molecule has 1 aromatic carbocycles. The summed E-state index contributed by atoms with van der Waals surface area (Å²) in [7, 11) is -2.87. The molecule has 0 atom stereocenters. The van der Waals surface area contributed by atoms with Crippen molar-refractivity contribution in [3.63, 3.8) is 0 Å². The SMILES string of the molecule is Cc1cc(=O)oc2ccccc12.O=[P+](O)O. The molecule has 0 fully saturated rings. The van der Waals surface area contributed by atoms with Crippen LogP contribution in [-0.2, 0) is 4.57 Å². The number of hydrogen-bond acceptors (Lipinski definition) is 3. The maximum absolute atomic E-state index is 10.9. The number of benzene rings is 1. The van der Waals surface area contributed by atoms with Crippen LogP contribution in [-0.4, -0.2) is 9.79 Å². The van der Waals surface area contributed by atoms with Gasteiger partial charge in [-0.25, -0.2) is 4.79 Å². The zero-order chi connectivity index (χ0) is 12.1. The van der Waals surface area contributed by atoms with Crippen molar-refractivity contribution in [3.05, 3.63) is 46.3 Å². The van der Waals surface area contributed by atoms with E-state index in [9.17, 15) is 4.79 Å². The quantitative estimate of drug-likeness (QED) is 0.541. The van der Waals surface area contributed by atoms with Gasteiger partial charge in [-0.3, -0.25) is 0 Å². The molecular weight excluding hydrogens is 231 g/mol. The summed E-state index contributed by atoms with van der Waals surface area (Å²) in [6.07, 6.45) is 0. The number of fused-ring (bicyclic) bond motifs is 1. The third kappa shape index (κ3) is 3.55. The highest BCUT2D eigenvalue weighted by molar-refractivity contribution is 7.30. The van der Waals surface area contributed by atoms with Crippen molar-refractivity contribution in [2.45, 2.75) is 6.92 Å². The molecule has 2 rings (SSSR count). The highest BCUT2D eigenvalue weighted by Gasteiger charge is 1.98. The predicted octanol–water partition coefficient (Wildman–Crippen LogP) is 1.73. The van der Waals surface area contributed by atoms with Crippen LogP contribution < -0.4 is 5.63 Å². The van der Waals surface area contributed by atoms with Gasteiger partial charge in [-0.15, -0.1) is 9.79 Å². The van der Waals surface area contributed by atoms with Gasteiger partial charge in [-0.05, 0) is 18.6 Å². The Kier molecular flexibility index (Phi) is 4.31. The van der Waals surface area contributed by atoms with E-state index in [1.165, 1.54) is 6.07 Å². The minimum Gasteiger partial charge on any atom is -0.423 e. The predicted molar refractivity (Wildman–Crippen MR) is 59.3 cm³/mol. The Balaban J connectivity index is 0.000000280. The lowest BCUT2D eigenvalue weighted by Crippen LogP contribution is -1.97. The van der Waals surface area contributed by atoms with Gasteiger partial charge in [0.2, 0.25) is 0 Å². The topological polar surface area (TPSA) is 87.7 Å². The normalized spacial score (nSPS) is 9.44. The smallest absolute Gasteiger partial charge is 0.423 e. The zero-order valence-electron chi connectivity index (χ0n) is 8.45. The maximum atomic E-state index is 10.9. The van der Waals surface area contributed by atoms with Crippen molar-refractivity contribution < 1.29 is 18.8 Å². The summed E-state index contributed by atoms with van der Waals surface area (Å²) in [4.78, 5) is 25.2. The van der Waals surface area contributed by atoms with Crippen LogP contribution in [0.1, 0.15) is 5.56 Å². The van der Waals surface area contributed by atoms with Crippen LogP contribution in [0.3, 0.4) is 0 Å². The molecule has 0 aliphatic rings. The van der Waals surface area contributed by atoms with Crippen LogP contribution >= 0.6 is 8.25 Å². The third-order valence-corrected chi connectivity index (χ3v) is 1.86. The Morgan fingerprint density at radius 1 is 1.25 bits per heavy atom. The fourth-order valence-corrected chi connectivity index (χ4v) is 1.27. The van der Waals surface area contributed by atoms with E-state index < -0.39 is 8.25 Å². The standard InChI is InChI=1S/C10H8O2.HO3P/c1-7-6-10(11)12-9-5-3-2-4-8(7)9;1-4(2)3/h2-6H,1H3;(H-,1,2,3)/p+1. The summed E-state index contributed by atoms with van der Waals surface area (Å²) in [6, 6.07) is 9.01. The Hall–Kier alpha value is -1.55. The molecule has 16 heavy (non-hydrogen) atoms. The van der Waals surface area contributed by atoms with Gasteiger partial charge in [0.15, 0.2) is 0 Å². The van der Waals surface area contributed by atoms with E-state index in [0.29, 0.717) is 5.58 Å². The molecular formula is C10H10O5P+. The van der Waals surface area contributed by atoms with E-state index in [-0.39, 0.29) is 5.63 Å². The summed E-state index contributed by atoms with van der Waals surface area (Å²) < 4.78 is 13.7. The van der Waals surface area contributed by atoms with Gasteiger partial charge >= 0.3 is 13.9 Å². The molecule has 0 radical (unpaired) electrons.